The fourth-order valence-corrected chi connectivity index (χ4v) is 2.78. The number of nitrogens with one attached hydrogen (secondary N) is 2. The van der Waals surface area contributed by atoms with Gasteiger partial charge in [0.2, 0.25) is 0 Å². The SMILES string of the molecule is CCOc1ccc(NC(=O)c2ccc(NC(=O)c3ccc(Br)cc3)cc2)cc1. The number of halogens is 1. The normalized spacial score (nSPS) is 10.2. The van der Waals surface area contributed by atoms with Crippen molar-refractivity contribution in [3.63, 3.8) is 0 Å². The van der Waals surface area contributed by atoms with E-state index in [9.17, 15) is 9.59 Å². The lowest BCUT2D eigenvalue weighted by molar-refractivity contribution is 0.102. The fraction of sp³-hybridized carbons (Fsp3) is 0.0909. The minimum atomic E-state index is -0.227. The van der Waals surface area contributed by atoms with Crippen LogP contribution < -0.4 is 15.4 Å². The highest BCUT2D eigenvalue weighted by molar-refractivity contribution is 9.10. The van der Waals surface area contributed by atoms with Gasteiger partial charge >= 0.3 is 0 Å². The molecular weight excluding hydrogens is 420 g/mol. The maximum absolute atomic E-state index is 12.4. The number of amides is 2. The van der Waals surface area contributed by atoms with Crippen molar-refractivity contribution in [3.05, 3.63) is 88.4 Å². The van der Waals surface area contributed by atoms with Crippen molar-refractivity contribution in [3.8, 4) is 5.75 Å². The summed E-state index contributed by atoms with van der Waals surface area (Å²) in [6.45, 7) is 2.51. The van der Waals surface area contributed by atoms with E-state index in [1.165, 1.54) is 0 Å². The average Bonchev–Trinajstić information content (AvgIpc) is 2.70. The molecule has 3 aromatic rings. The minimum absolute atomic E-state index is 0.209. The number of ether oxygens (including phenoxy) is 1. The molecule has 0 aliphatic heterocycles. The van der Waals surface area contributed by atoms with Crippen molar-refractivity contribution < 1.29 is 14.3 Å². The summed E-state index contributed by atoms with van der Waals surface area (Å²) in [4.78, 5) is 24.6. The molecule has 5 nitrogen and oxygen atoms in total. The summed E-state index contributed by atoms with van der Waals surface area (Å²) >= 11 is 3.34. The van der Waals surface area contributed by atoms with Gasteiger partial charge < -0.3 is 15.4 Å². The highest BCUT2D eigenvalue weighted by Crippen LogP contribution is 2.18. The molecule has 0 aliphatic carbocycles. The van der Waals surface area contributed by atoms with E-state index in [4.69, 9.17) is 4.74 Å². The van der Waals surface area contributed by atoms with Gasteiger partial charge in [0, 0.05) is 27.0 Å². The van der Waals surface area contributed by atoms with Crippen molar-refractivity contribution in [1.29, 1.82) is 0 Å². The second-order valence-electron chi connectivity index (χ2n) is 5.95. The van der Waals surface area contributed by atoms with Crippen LogP contribution in [0.1, 0.15) is 27.6 Å². The van der Waals surface area contributed by atoms with E-state index in [0.29, 0.717) is 29.1 Å². The zero-order chi connectivity index (χ0) is 19.9. The van der Waals surface area contributed by atoms with E-state index in [0.717, 1.165) is 10.2 Å². The van der Waals surface area contributed by atoms with Crippen molar-refractivity contribution in [2.24, 2.45) is 0 Å². The number of hydrogen-bond acceptors (Lipinski definition) is 3. The molecule has 28 heavy (non-hydrogen) atoms. The van der Waals surface area contributed by atoms with Crippen LogP contribution in [0.15, 0.2) is 77.3 Å². The van der Waals surface area contributed by atoms with E-state index < -0.39 is 0 Å². The van der Waals surface area contributed by atoms with Crippen molar-refractivity contribution in [2.75, 3.05) is 17.2 Å². The van der Waals surface area contributed by atoms with Crippen molar-refractivity contribution >= 4 is 39.1 Å². The number of rotatable bonds is 6. The van der Waals surface area contributed by atoms with Crippen molar-refractivity contribution in [2.45, 2.75) is 6.92 Å². The monoisotopic (exact) mass is 438 g/mol. The maximum atomic E-state index is 12.4. The van der Waals surface area contributed by atoms with Gasteiger partial charge in [-0.1, -0.05) is 15.9 Å². The molecule has 0 spiro atoms. The van der Waals surface area contributed by atoms with E-state index in [1.54, 1.807) is 60.7 Å². The molecule has 0 heterocycles. The first-order chi connectivity index (χ1) is 13.5. The predicted octanol–water partition coefficient (Wildman–Crippen LogP) is 5.35. The molecule has 0 unspecified atom stereocenters. The molecule has 0 saturated carbocycles. The lowest BCUT2D eigenvalue weighted by Gasteiger charge is -2.09. The Hall–Kier alpha value is -3.12. The molecule has 0 radical (unpaired) electrons. The van der Waals surface area contributed by atoms with Crippen LogP contribution in [0.4, 0.5) is 11.4 Å². The number of carbonyl (C=O) groups excluding carboxylic acids is 2. The summed E-state index contributed by atoms with van der Waals surface area (Å²) in [6.07, 6.45) is 0. The molecule has 142 valence electrons. The standard InChI is InChI=1S/C22H19BrN2O3/c1-2-28-20-13-11-19(12-14-20)25-22(27)16-5-9-18(10-6-16)24-21(26)15-3-7-17(23)8-4-15/h3-14H,2H2,1H3,(H,24,26)(H,25,27). The van der Waals surface area contributed by atoms with E-state index in [-0.39, 0.29) is 11.8 Å². The summed E-state index contributed by atoms with van der Waals surface area (Å²) in [5, 5.41) is 5.64. The molecule has 3 aromatic carbocycles. The Morgan fingerprint density at radius 2 is 1.18 bits per heavy atom. The molecule has 2 amide bonds. The Morgan fingerprint density at radius 1 is 0.750 bits per heavy atom. The van der Waals surface area contributed by atoms with Crippen LogP contribution in [0, 0.1) is 0 Å². The zero-order valence-electron chi connectivity index (χ0n) is 15.2. The van der Waals surface area contributed by atoms with Gasteiger partial charge in [-0.2, -0.15) is 0 Å². The van der Waals surface area contributed by atoms with Crippen LogP contribution in [0.5, 0.6) is 5.75 Å². The Bertz CT molecular complexity index is 953. The molecule has 0 aromatic heterocycles. The molecule has 6 heteroatoms. The number of hydrogen-bond donors (Lipinski definition) is 2. The number of benzene rings is 3. The summed E-state index contributed by atoms with van der Waals surface area (Å²) in [5.41, 5.74) is 2.35. The quantitative estimate of drug-likeness (QED) is 0.544. The van der Waals surface area contributed by atoms with Crippen molar-refractivity contribution in [1.82, 2.24) is 0 Å². The maximum Gasteiger partial charge on any atom is 0.255 e. The van der Waals surface area contributed by atoms with Crippen LogP contribution in [-0.2, 0) is 0 Å². The summed E-state index contributed by atoms with van der Waals surface area (Å²) in [6, 6.07) is 21.0. The minimum Gasteiger partial charge on any atom is -0.494 e. The van der Waals surface area contributed by atoms with Crippen LogP contribution in [-0.4, -0.2) is 18.4 Å². The summed E-state index contributed by atoms with van der Waals surface area (Å²) in [5.74, 6) is 0.320. The Morgan fingerprint density at radius 3 is 1.64 bits per heavy atom. The first-order valence-electron chi connectivity index (χ1n) is 8.76. The largest absolute Gasteiger partial charge is 0.494 e. The third kappa shape index (κ3) is 5.20. The molecule has 0 saturated heterocycles. The summed E-state index contributed by atoms with van der Waals surface area (Å²) in [7, 11) is 0. The van der Waals surface area contributed by atoms with Crippen LogP contribution in [0.2, 0.25) is 0 Å². The van der Waals surface area contributed by atoms with E-state index in [1.807, 2.05) is 19.1 Å². The highest BCUT2D eigenvalue weighted by Gasteiger charge is 2.09. The second-order valence-corrected chi connectivity index (χ2v) is 6.87. The highest BCUT2D eigenvalue weighted by atomic mass is 79.9. The van der Waals surface area contributed by atoms with Gasteiger partial charge in [0.15, 0.2) is 0 Å². The van der Waals surface area contributed by atoms with E-state index in [2.05, 4.69) is 26.6 Å². The molecule has 0 bridgehead atoms. The number of carbonyl (C=O) groups is 2. The third-order valence-electron chi connectivity index (χ3n) is 3.93. The van der Waals surface area contributed by atoms with Crippen LogP contribution >= 0.6 is 15.9 Å². The van der Waals surface area contributed by atoms with Gasteiger partial charge in [0.05, 0.1) is 6.61 Å². The lowest BCUT2D eigenvalue weighted by Crippen LogP contribution is -2.13. The zero-order valence-corrected chi connectivity index (χ0v) is 16.8. The predicted molar refractivity (Wildman–Crippen MR) is 114 cm³/mol. The van der Waals surface area contributed by atoms with Crippen LogP contribution in [0.3, 0.4) is 0 Å². The van der Waals surface area contributed by atoms with Gasteiger partial charge in [-0.25, -0.2) is 0 Å². The first kappa shape index (κ1) is 19.6. The first-order valence-corrected chi connectivity index (χ1v) is 9.55. The van der Waals surface area contributed by atoms with Gasteiger partial charge in [-0.3, -0.25) is 9.59 Å². The Kier molecular flexibility index (Phi) is 6.45. The van der Waals surface area contributed by atoms with Gasteiger partial charge in [0.25, 0.3) is 11.8 Å². The second kappa shape index (κ2) is 9.19. The van der Waals surface area contributed by atoms with Crippen LogP contribution in [0.25, 0.3) is 0 Å². The van der Waals surface area contributed by atoms with Gasteiger partial charge in [-0.15, -0.1) is 0 Å². The molecule has 3 rings (SSSR count). The smallest absolute Gasteiger partial charge is 0.255 e. The summed E-state index contributed by atoms with van der Waals surface area (Å²) < 4.78 is 6.29. The Labute approximate surface area is 171 Å². The Balaban J connectivity index is 1.60. The average molecular weight is 439 g/mol. The molecular formula is C22H19BrN2O3. The molecule has 0 atom stereocenters. The fourth-order valence-electron chi connectivity index (χ4n) is 2.51. The topological polar surface area (TPSA) is 67.4 Å². The molecule has 2 N–H and O–H groups in total. The third-order valence-corrected chi connectivity index (χ3v) is 4.46. The van der Waals surface area contributed by atoms with Gasteiger partial charge in [0.1, 0.15) is 5.75 Å². The van der Waals surface area contributed by atoms with Gasteiger partial charge in [-0.05, 0) is 79.7 Å². The molecule has 0 aliphatic rings. The number of anilines is 2. The lowest BCUT2D eigenvalue weighted by atomic mass is 10.1. The molecule has 0 fully saturated rings. The van der Waals surface area contributed by atoms with E-state index >= 15 is 0 Å².